The zero-order chi connectivity index (χ0) is 21.3. The van der Waals surface area contributed by atoms with Crippen molar-refractivity contribution in [3.63, 3.8) is 0 Å². The third kappa shape index (κ3) is 4.40. The number of aromatic amines is 1. The molecule has 0 spiro atoms. The molecular formula is C21H22F3N5O. The van der Waals surface area contributed by atoms with Crippen molar-refractivity contribution in [3.8, 4) is 0 Å². The Bertz CT molecular complexity index is 1040. The van der Waals surface area contributed by atoms with Gasteiger partial charge in [0, 0.05) is 24.1 Å². The van der Waals surface area contributed by atoms with Crippen LogP contribution in [0.1, 0.15) is 39.8 Å². The van der Waals surface area contributed by atoms with Gasteiger partial charge in [0.1, 0.15) is 5.76 Å². The number of fused-ring (bicyclic) bond motifs is 1. The number of halogens is 3. The average Bonchev–Trinajstić information content (AvgIpc) is 3.33. The Labute approximate surface area is 171 Å². The standard InChI is InChI=1S/C21H22F3N5O/c1-12-17-9-14(4-7-18(17)29-28-12)19-11-27-20(30-19)26-10-16(25)8-13-2-5-15(6-3-13)21(22,23)24/h2-7,11,14,16H,8-10,25H2,1H3,(H,26,27)(H,28,29)/t14?,16-/m0/s1. The molecule has 2 atom stereocenters. The molecule has 2 heterocycles. The van der Waals surface area contributed by atoms with Crippen molar-refractivity contribution in [2.75, 3.05) is 11.9 Å². The molecule has 30 heavy (non-hydrogen) atoms. The monoisotopic (exact) mass is 417 g/mol. The van der Waals surface area contributed by atoms with Crippen molar-refractivity contribution >= 4 is 12.1 Å². The van der Waals surface area contributed by atoms with Gasteiger partial charge in [0.25, 0.3) is 6.01 Å². The van der Waals surface area contributed by atoms with Crippen molar-refractivity contribution in [3.05, 3.63) is 70.4 Å². The predicted molar refractivity (Wildman–Crippen MR) is 107 cm³/mol. The Morgan fingerprint density at radius 1 is 1.30 bits per heavy atom. The van der Waals surface area contributed by atoms with Gasteiger partial charge in [0.05, 0.1) is 23.1 Å². The highest BCUT2D eigenvalue weighted by atomic mass is 19.4. The molecule has 3 aromatic rings. The molecule has 0 saturated heterocycles. The number of benzene rings is 1. The maximum absolute atomic E-state index is 12.6. The average molecular weight is 417 g/mol. The summed E-state index contributed by atoms with van der Waals surface area (Å²) in [6.45, 7) is 2.35. The van der Waals surface area contributed by atoms with Crippen LogP contribution in [0.3, 0.4) is 0 Å². The fourth-order valence-corrected chi connectivity index (χ4v) is 3.53. The molecule has 1 unspecified atom stereocenters. The minimum Gasteiger partial charge on any atom is -0.428 e. The Balaban J connectivity index is 1.31. The lowest BCUT2D eigenvalue weighted by molar-refractivity contribution is -0.137. The number of allylic oxidation sites excluding steroid dienone is 1. The lowest BCUT2D eigenvalue weighted by Gasteiger charge is -2.15. The summed E-state index contributed by atoms with van der Waals surface area (Å²) in [6, 6.07) is 5.11. The van der Waals surface area contributed by atoms with Crippen LogP contribution in [0.4, 0.5) is 19.2 Å². The summed E-state index contributed by atoms with van der Waals surface area (Å²) in [7, 11) is 0. The van der Waals surface area contributed by atoms with E-state index >= 15 is 0 Å². The molecule has 0 aliphatic heterocycles. The fraction of sp³-hybridized carbons (Fsp3) is 0.333. The maximum Gasteiger partial charge on any atom is 0.416 e. The first kappa shape index (κ1) is 20.2. The van der Waals surface area contributed by atoms with Gasteiger partial charge < -0.3 is 15.5 Å². The van der Waals surface area contributed by atoms with Gasteiger partial charge in [-0.25, -0.2) is 4.98 Å². The third-order valence-electron chi connectivity index (χ3n) is 5.21. The van der Waals surface area contributed by atoms with Crippen LogP contribution in [-0.4, -0.2) is 27.8 Å². The molecule has 0 fully saturated rings. The first-order valence-electron chi connectivity index (χ1n) is 9.63. The van der Waals surface area contributed by atoms with Crippen molar-refractivity contribution in [1.82, 2.24) is 15.2 Å². The maximum atomic E-state index is 12.6. The quantitative estimate of drug-likeness (QED) is 0.563. The van der Waals surface area contributed by atoms with Gasteiger partial charge in [-0.2, -0.15) is 18.3 Å². The number of anilines is 1. The van der Waals surface area contributed by atoms with E-state index in [4.69, 9.17) is 10.2 Å². The molecule has 1 aliphatic rings. The van der Waals surface area contributed by atoms with Crippen LogP contribution < -0.4 is 11.1 Å². The first-order chi connectivity index (χ1) is 14.3. The van der Waals surface area contributed by atoms with E-state index in [0.29, 0.717) is 19.0 Å². The van der Waals surface area contributed by atoms with E-state index in [1.807, 2.05) is 13.0 Å². The second kappa shape index (κ2) is 7.98. The lowest BCUT2D eigenvalue weighted by Crippen LogP contribution is -2.31. The summed E-state index contributed by atoms with van der Waals surface area (Å²) in [5.41, 5.74) is 9.36. The molecule has 1 aromatic carbocycles. The SMILES string of the molecule is Cc1n[nH]c2c1CC(c1cnc(NC[C@@H](N)Cc3ccc(C(F)(F)F)cc3)o1)C=C2. The number of aromatic nitrogens is 3. The fourth-order valence-electron chi connectivity index (χ4n) is 3.53. The molecule has 0 bridgehead atoms. The highest BCUT2D eigenvalue weighted by Crippen LogP contribution is 2.32. The number of nitrogens with one attached hydrogen (secondary N) is 2. The number of aryl methyl sites for hydroxylation is 1. The van der Waals surface area contributed by atoms with Gasteiger partial charge in [-0.15, -0.1) is 0 Å². The van der Waals surface area contributed by atoms with Crippen molar-refractivity contribution < 1.29 is 17.6 Å². The lowest BCUT2D eigenvalue weighted by atomic mass is 9.91. The van der Waals surface area contributed by atoms with Crippen LogP contribution >= 0.6 is 0 Å². The van der Waals surface area contributed by atoms with E-state index in [0.717, 1.165) is 41.3 Å². The number of H-pyrrole nitrogens is 1. The third-order valence-corrected chi connectivity index (χ3v) is 5.21. The molecule has 158 valence electrons. The summed E-state index contributed by atoms with van der Waals surface area (Å²) >= 11 is 0. The number of nitrogens with two attached hydrogens (primary N) is 1. The summed E-state index contributed by atoms with van der Waals surface area (Å²) in [5.74, 6) is 0.828. The number of alkyl halides is 3. The van der Waals surface area contributed by atoms with E-state index < -0.39 is 11.7 Å². The molecular weight excluding hydrogens is 395 g/mol. The van der Waals surface area contributed by atoms with Gasteiger partial charge in [0.15, 0.2) is 0 Å². The molecule has 0 saturated carbocycles. The van der Waals surface area contributed by atoms with E-state index in [1.165, 1.54) is 17.7 Å². The van der Waals surface area contributed by atoms with Gasteiger partial charge in [-0.3, -0.25) is 5.10 Å². The number of hydrogen-bond donors (Lipinski definition) is 3. The molecule has 1 aliphatic carbocycles. The van der Waals surface area contributed by atoms with Crippen molar-refractivity contribution in [2.24, 2.45) is 5.73 Å². The summed E-state index contributed by atoms with van der Waals surface area (Å²) in [5, 5.41) is 10.3. The van der Waals surface area contributed by atoms with Crippen LogP contribution in [0.2, 0.25) is 0 Å². The molecule has 4 N–H and O–H groups in total. The second-order valence-corrected chi connectivity index (χ2v) is 7.48. The van der Waals surface area contributed by atoms with Gasteiger partial charge >= 0.3 is 6.18 Å². The van der Waals surface area contributed by atoms with E-state index in [2.05, 4.69) is 26.6 Å². The Hall–Kier alpha value is -3.07. The molecule has 0 radical (unpaired) electrons. The minimum absolute atomic E-state index is 0.0812. The Kier molecular flexibility index (Phi) is 5.38. The first-order valence-corrected chi connectivity index (χ1v) is 9.63. The molecule has 9 heteroatoms. The van der Waals surface area contributed by atoms with Crippen LogP contribution in [0.5, 0.6) is 0 Å². The van der Waals surface area contributed by atoms with Crippen LogP contribution in [-0.2, 0) is 19.0 Å². The molecule has 6 nitrogen and oxygen atoms in total. The smallest absolute Gasteiger partial charge is 0.416 e. The number of rotatable bonds is 6. The molecule has 2 aromatic heterocycles. The number of oxazole rings is 1. The van der Waals surface area contributed by atoms with Crippen molar-refractivity contribution in [2.45, 2.75) is 37.9 Å². The number of nitrogens with zero attached hydrogens (tertiary/aromatic N) is 2. The van der Waals surface area contributed by atoms with E-state index in [1.54, 1.807) is 6.20 Å². The largest absolute Gasteiger partial charge is 0.428 e. The normalized spacial score (nSPS) is 17.0. The highest BCUT2D eigenvalue weighted by molar-refractivity contribution is 5.55. The Morgan fingerprint density at radius 2 is 2.07 bits per heavy atom. The Morgan fingerprint density at radius 3 is 2.80 bits per heavy atom. The second-order valence-electron chi connectivity index (χ2n) is 7.48. The van der Waals surface area contributed by atoms with Gasteiger partial charge in [0.2, 0.25) is 0 Å². The van der Waals surface area contributed by atoms with Crippen LogP contribution in [0.25, 0.3) is 6.08 Å². The molecule has 4 rings (SSSR count). The zero-order valence-corrected chi connectivity index (χ0v) is 16.3. The van der Waals surface area contributed by atoms with Gasteiger partial charge in [-0.1, -0.05) is 18.2 Å². The van der Waals surface area contributed by atoms with Gasteiger partial charge in [-0.05, 0) is 43.5 Å². The molecule has 0 amide bonds. The van der Waals surface area contributed by atoms with Crippen molar-refractivity contribution in [1.29, 1.82) is 0 Å². The van der Waals surface area contributed by atoms with E-state index in [9.17, 15) is 13.2 Å². The summed E-state index contributed by atoms with van der Waals surface area (Å²) in [6.07, 6.45) is 2.64. The van der Waals surface area contributed by atoms with Crippen LogP contribution in [0.15, 0.2) is 41.0 Å². The predicted octanol–water partition coefficient (Wildman–Crippen LogP) is 4.06. The zero-order valence-electron chi connectivity index (χ0n) is 16.3. The summed E-state index contributed by atoms with van der Waals surface area (Å²) < 4.78 is 43.8. The van der Waals surface area contributed by atoms with Crippen LogP contribution in [0, 0.1) is 6.92 Å². The number of hydrogen-bond acceptors (Lipinski definition) is 5. The minimum atomic E-state index is -4.34. The van der Waals surface area contributed by atoms with E-state index in [-0.39, 0.29) is 12.0 Å². The topological polar surface area (TPSA) is 92.8 Å². The highest BCUT2D eigenvalue weighted by Gasteiger charge is 2.30. The summed E-state index contributed by atoms with van der Waals surface area (Å²) in [4.78, 5) is 4.26.